The van der Waals surface area contributed by atoms with E-state index in [1.54, 1.807) is 18.2 Å². The fourth-order valence-corrected chi connectivity index (χ4v) is 1.89. The minimum absolute atomic E-state index is 0.139. The Morgan fingerprint density at radius 2 is 2.30 bits per heavy atom. The van der Waals surface area contributed by atoms with Crippen LogP contribution in [-0.2, 0) is 11.2 Å². The molecule has 0 aliphatic rings. The Bertz CT molecular complexity index is 478. The van der Waals surface area contributed by atoms with E-state index >= 15 is 0 Å². The van der Waals surface area contributed by atoms with Crippen molar-refractivity contribution in [2.75, 3.05) is 26.8 Å². The van der Waals surface area contributed by atoms with Crippen molar-refractivity contribution in [3.8, 4) is 11.5 Å². The molecule has 0 unspecified atom stereocenters. The number of nitrogens with one attached hydrogen (secondary N) is 1. The van der Waals surface area contributed by atoms with Crippen LogP contribution in [0.1, 0.15) is 5.56 Å². The maximum absolute atomic E-state index is 11.5. The van der Waals surface area contributed by atoms with Crippen molar-refractivity contribution in [2.24, 2.45) is 5.73 Å². The van der Waals surface area contributed by atoms with Crippen LogP contribution in [0.25, 0.3) is 0 Å². The van der Waals surface area contributed by atoms with Gasteiger partial charge < -0.3 is 20.5 Å². The smallest absolute Gasteiger partial charge is 0.258 e. The van der Waals surface area contributed by atoms with Gasteiger partial charge in [-0.2, -0.15) is 0 Å². The van der Waals surface area contributed by atoms with Gasteiger partial charge in [0.1, 0.15) is 0 Å². The molecule has 0 saturated heterocycles. The number of ether oxygens (including phenoxy) is 2. The Morgan fingerprint density at radius 3 is 2.90 bits per heavy atom. The number of benzene rings is 1. The Kier molecular flexibility index (Phi) is 6.90. The average Bonchev–Trinajstić information content (AvgIpc) is 2.43. The second kappa shape index (κ2) is 8.45. The van der Waals surface area contributed by atoms with Gasteiger partial charge in [0.15, 0.2) is 18.1 Å². The topological polar surface area (TPSA) is 73.6 Å². The monoisotopic (exact) mass is 298 g/mol. The van der Waals surface area contributed by atoms with Crippen LogP contribution >= 0.6 is 11.6 Å². The summed E-state index contributed by atoms with van der Waals surface area (Å²) in [6, 6.07) is 3.56. The second-order valence-corrected chi connectivity index (χ2v) is 4.44. The molecule has 0 aliphatic heterocycles. The number of carbonyl (C=O) groups excluding carboxylic acids is 1. The Morgan fingerprint density at radius 1 is 1.55 bits per heavy atom. The summed E-state index contributed by atoms with van der Waals surface area (Å²) in [5, 5.41) is 3.00. The summed E-state index contributed by atoms with van der Waals surface area (Å²) < 4.78 is 10.6. The van der Waals surface area contributed by atoms with Crippen LogP contribution in [0, 0.1) is 0 Å². The number of methoxy groups -OCH3 is 1. The lowest BCUT2D eigenvalue weighted by molar-refractivity contribution is -0.122. The number of amides is 1. The molecule has 0 aliphatic carbocycles. The Labute approximate surface area is 123 Å². The molecule has 1 amide bonds. The van der Waals surface area contributed by atoms with Gasteiger partial charge in [0.05, 0.1) is 12.1 Å². The van der Waals surface area contributed by atoms with Crippen LogP contribution in [0.15, 0.2) is 24.8 Å². The van der Waals surface area contributed by atoms with Crippen LogP contribution in [-0.4, -0.2) is 32.7 Å². The number of hydrogen-bond acceptors (Lipinski definition) is 4. The first-order valence-electron chi connectivity index (χ1n) is 6.19. The van der Waals surface area contributed by atoms with Crippen LogP contribution in [0.3, 0.4) is 0 Å². The van der Waals surface area contributed by atoms with E-state index in [0.29, 0.717) is 36.0 Å². The minimum atomic E-state index is -0.256. The van der Waals surface area contributed by atoms with Crippen LogP contribution < -0.4 is 20.5 Å². The highest BCUT2D eigenvalue weighted by atomic mass is 35.5. The van der Waals surface area contributed by atoms with Gasteiger partial charge in [-0.1, -0.05) is 17.7 Å². The van der Waals surface area contributed by atoms with Gasteiger partial charge in [-0.25, -0.2) is 0 Å². The van der Waals surface area contributed by atoms with E-state index in [2.05, 4.69) is 11.9 Å². The molecule has 6 heteroatoms. The van der Waals surface area contributed by atoms with E-state index in [1.165, 1.54) is 7.11 Å². The van der Waals surface area contributed by atoms with Gasteiger partial charge in [0.25, 0.3) is 5.91 Å². The molecule has 0 radical (unpaired) electrons. The van der Waals surface area contributed by atoms with Gasteiger partial charge in [-0.3, -0.25) is 4.79 Å². The molecule has 110 valence electrons. The van der Waals surface area contributed by atoms with Crippen molar-refractivity contribution in [1.29, 1.82) is 0 Å². The zero-order valence-electron chi connectivity index (χ0n) is 11.4. The highest BCUT2D eigenvalue weighted by Gasteiger charge is 2.13. The largest absolute Gasteiger partial charge is 0.493 e. The van der Waals surface area contributed by atoms with E-state index in [4.69, 9.17) is 26.8 Å². The third kappa shape index (κ3) is 4.75. The molecule has 0 aromatic heterocycles. The first-order valence-corrected chi connectivity index (χ1v) is 6.57. The van der Waals surface area contributed by atoms with E-state index < -0.39 is 0 Å². The number of rotatable bonds is 8. The van der Waals surface area contributed by atoms with Crippen molar-refractivity contribution >= 4 is 17.5 Å². The van der Waals surface area contributed by atoms with Crippen molar-refractivity contribution in [1.82, 2.24) is 5.32 Å². The van der Waals surface area contributed by atoms with Crippen molar-refractivity contribution in [3.63, 3.8) is 0 Å². The number of hydrogen-bond donors (Lipinski definition) is 2. The molecule has 0 saturated carbocycles. The lowest BCUT2D eigenvalue weighted by atomic mass is 10.1. The molecular weight excluding hydrogens is 280 g/mol. The summed E-state index contributed by atoms with van der Waals surface area (Å²) in [5.74, 6) is 0.579. The summed E-state index contributed by atoms with van der Waals surface area (Å²) in [7, 11) is 1.52. The predicted octanol–water partition coefficient (Wildman–Crippen LogP) is 1.53. The molecule has 1 aromatic rings. The zero-order valence-corrected chi connectivity index (χ0v) is 12.2. The highest BCUT2D eigenvalue weighted by molar-refractivity contribution is 6.32. The molecule has 0 fully saturated rings. The summed E-state index contributed by atoms with van der Waals surface area (Å²) >= 11 is 6.14. The van der Waals surface area contributed by atoms with Gasteiger partial charge in [-0.05, 0) is 30.7 Å². The molecule has 0 bridgehead atoms. The molecule has 1 aromatic carbocycles. The fraction of sp³-hybridized carbons (Fsp3) is 0.357. The van der Waals surface area contributed by atoms with E-state index in [-0.39, 0.29) is 12.5 Å². The third-order valence-electron chi connectivity index (χ3n) is 2.51. The Hall–Kier alpha value is -1.72. The molecule has 20 heavy (non-hydrogen) atoms. The second-order valence-electron chi connectivity index (χ2n) is 4.03. The first kappa shape index (κ1) is 16.3. The molecular formula is C14H19ClN2O3. The zero-order chi connectivity index (χ0) is 15.0. The molecule has 3 N–H and O–H groups in total. The van der Waals surface area contributed by atoms with Gasteiger partial charge >= 0.3 is 0 Å². The average molecular weight is 299 g/mol. The first-order chi connectivity index (χ1) is 9.62. The highest BCUT2D eigenvalue weighted by Crippen LogP contribution is 2.36. The van der Waals surface area contributed by atoms with Crippen molar-refractivity contribution < 1.29 is 14.3 Å². The molecule has 0 spiro atoms. The number of halogens is 1. The SMILES string of the molecule is C=CCNC(=O)COc1c(Cl)cc(CCN)cc1OC. The van der Waals surface area contributed by atoms with Crippen molar-refractivity contribution in [3.05, 3.63) is 35.4 Å². The summed E-state index contributed by atoms with van der Waals surface area (Å²) in [6.07, 6.45) is 2.28. The maximum Gasteiger partial charge on any atom is 0.258 e. The summed E-state index contributed by atoms with van der Waals surface area (Å²) in [6.45, 7) is 4.28. The molecule has 0 atom stereocenters. The molecule has 5 nitrogen and oxygen atoms in total. The van der Waals surface area contributed by atoms with Crippen LogP contribution in [0.5, 0.6) is 11.5 Å². The Balaban J connectivity index is 2.78. The van der Waals surface area contributed by atoms with E-state index in [9.17, 15) is 4.79 Å². The quantitative estimate of drug-likeness (QED) is 0.714. The van der Waals surface area contributed by atoms with Crippen LogP contribution in [0.2, 0.25) is 5.02 Å². The van der Waals surface area contributed by atoms with Gasteiger partial charge in [-0.15, -0.1) is 6.58 Å². The van der Waals surface area contributed by atoms with Crippen molar-refractivity contribution in [2.45, 2.75) is 6.42 Å². The standard InChI is InChI=1S/C14H19ClN2O3/c1-3-6-17-13(18)9-20-14-11(15)7-10(4-5-16)8-12(14)19-2/h3,7-8H,1,4-6,9,16H2,2H3,(H,17,18). The fourth-order valence-electron chi connectivity index (χ4n) is 1.60. The minimum Gasteiger partial charge on any atom is -0.493 e. The molecule has 1 rings (SSSR count). The predicted molar refractivity (Wildman–Crippen MR) is 79.5 cm³/mol. The third-order valence-corrected chi connectivity index (χ3v) is 2.79. The van der Waals surface area contributed by atoms with E-state index in [0.717, 1.165) is 5.56 Å². The normalized spacial score (nSPS) is 9.95. The lowest BCUT2D eigenvalue weighted by Gasteiger charge is -2.13. The summed E-state index contributed by atoms with van der Waals surface area (Å²) in [4.78, 5) is 11.5. The number of nitrogens with two attached hydrogens (primary N) is 1. The lowest BCUT2D eigenvalue weighted by Crippen LogP contribution is -2.28. The maximum atomic E-state index is 11.5. The van der Waals surface area contributed by atoms with Gasteiger partial charge in [0.2, 0.25) is 0 Å². The summed E-state index contributed by atoms with van der Waals surface area (Å²) in [5.41, 5.74) is 6.47. The van der Waals surface area contributed by atoms with Crippen LogP contribution in [0.4, 0.5) is 0 Å². The number of carbonyl (C=O) groups is 1. The van der Waals surface area contributed by atoms with E-state index in [1.807, 2.05) is 0 Å². The van der Waals surface area contributed by atoms with Gasteiger partial charge in [0, 0.05) is 6.54 Å². The molecule has 0 heterocycles.